The van der Waals surface area contributed by atoms with Gasteiger partial charge in [0.05, 0.1) is 6.61 Å². The number of amides is 1. The molecule has 0 aromatic rings. The number of nitrogens with one attached hydrogen (secondary N) is 2. The van der Waals surface area contributed by atoms with Gasteiger partial charge < -0.3 is 15.0 Å². The molecule has 1 amide bonds. The summed E-state index contributed by atoms with van der Waals surface area (Å²) in [7, 11) is 1.62. The third-order valence-corrected chi connectivity index (χ3v) is 2.43. The van der Waals surface area contributed by atoms with E-state index < -0.39 is 0 Å². The summed E-state index contributed by atoms with van der Waals surface area (Å²) in [5.41, 5.74) is 2.43. The Morgan fingerprint density at radius 3 is 2.50 bits per heavy atom. The molecular formula is C11H25N5O2. The molecule has 1 atom stereocenters. The summed E-state index contributed by atoms with van der Waals surface area (Å²) in [6.07, 6.45) is 0. The van der Waals surface area contributed by atoms with Gasteiger partial charge in [0.25, 0.3) is 0 Å². The maximum atomic E-state index is 11.7. The summed E-state index contributed by atoms with van der Waals surface area (Å²) in [5, 5.41) is 3.02. The van der Waals surface area contributed by atoms with Crippen LogP contribution < -0.4 is 16.6 Å². The topological polar surface area (TPSA) is 92.0 Å². The maximum absolute atomic E-state index is 11.7. The standard InChI is InChI=1S/C11H25N5O2/c1-5-16(6-2)10(17)7-13-11(15-12)14-9(3)8-18-4/h9H,5-8,12H2,1-4H3,(H2,13,14,15). The number of rotatable bonds is 7. The van der Waals surface area contributed by atoms with Crippen LogP contribution in [-0.4, -0.2) is 56.2 Å². The molecule has 0 aliphatic heterocycles. The fourth-order valence-electron chi connectivity index (χ4n) is 1.48. The number of hydrazine groups is 1. The van der Waals surface area contributed by atoms with E-state index in [0.29, 0.717) is 25.7 Å². The van der Waals surface area contributed by atoms with E-state index in [0.717, 1.165) is 0 Å². The molecule has 0 aliphatic carbocycles. The molecule has 0 aromatic heterocycles. The van der Waals surface area contributed by atoms with Gasteiger partial charge in [0, 0.05) is 26.2 Å². The zero-order valence-corrected chi connectivity index (χ0v) is 11.7. The SMILES string of the molecule is CCN(CC)C(=O)CN=C(NN)NC(C)COC. The smallest absolute Gasteiger partial charge is 0.244 e. The zero-order chi connectivity index (χ0) is 14.0. The van der Waals surface area contributed by atoms with E-state index in [9.17, 15) is 4.79 Å². The molecule has 0 spiro atoms. The Balaban J connectivity index is 4.30. The van der Waals surface area contributed by atoms with E-state index in [1.807, 2.05) is 20.8 Å². The lowest BCUT2D eigenvalue weighted by Crippen LogP contribution is -2.47. The van der Waals surface area contributed by atoms with Crippen molar-refractivity contribution in [2.24, 2.45) is 10.8 Å². The van der Waals surface area contributed by atoms with Crippen LogP contribution in [0.3, 0.4) is 0 Å². The third kappa shape index (κ3) is 6.41. The molecule has 0 bridgehead atoms. The number of nitrogens with two attached hydrogens (primary N) is 1. The van der Waals surface area contributed by atoms with Crippen molar-refractivity contribution < 1.29 is 9.53 Å². The van der Waals surface area contributed by atoms with Crippen LogP contribution in [0.1, 0.15) is 20.8 Å². The predicted molar refractivity (Wildman–Crippen MR) is 72.0 cm³/mol. The predicted octanol–water partition coefficient (Wildman–Crippen LogP) is -0.701. The Morgan fingerprint density at radius 2 is 2.06 bits per heavy atom. The van der Waals surface area contributed by atoms with Crippen molar-refractivity contribution in [2.75, 3.05) is 33.4 Å². The number of nitrogens with zero attached hydrogens (tertiary/aromatic N) is 2. The number of hydrogen-bond donors (Lipinski definition) is 3. The van der Waals surface area contributed by atoms with Gasteiger partial charge in [0.15, 0.2) is 0 Å². The minimum atomic E-state index is -0.0195. The van der Waals surface area contributed by atoms with Crippen molar-refractivity contribution in [3.8, 4) is 0 Å². The number of guanidine groups is 1. The minimum absolute atomic E-state index is 0.0195. The molecule has 7 heteroatoms. The highest BCUT2D eigenvalue weighted by Gasteiger charge is 2.09. The fraction of sp³-hybridized carbons (Fsp3) is 0.818. The van der Waals surface area contributed by atoms with E-state index in [-0.39, 0.29) is 18.5 Å². The van der Waals surface area contributed by atoms with Crippen LogP contribution >= 0.6 is 0 Å². The largest absolute Gasteiger partial charge is 0.383 e. The summed E-state index contributed by atoms with van der Waals surface area (Å²) >= 11 is 0. The molecule has 0 rings (SSSR count). The molecule has 106 valence electrons. The second-order valence-electron chi connectivity index (χ2n) is 3.88. The van der Waals surface area contributed by atoms with Gasteiger partial charge in [0.1, 0.15) is 6.54 Å². The first-order chi connectivity index (χ1) is 8.58. The highest BCUT2D eigenvalue weighted by molar-refractivity contribution is 5.84. The van der Waals surface area contributed by atoms with Crippen LogP contribution in [-0.2, 0) is 9.53 Å². The number of likely N-dealkylation sites (N-methyl/N-ethyl adjacent to an activating group) is 1. The molecule has 0 saturated heterocycles. The van der Waals surface area contributed by atoms with Crippen molar-refractivity contribution in [1.29, 1.82) is 0 Å². The summed E-state index contributed by atoms with van der Waals surface area (Å²) in [6, 6.07) is 0.0633. The summed E-state index contributed by atoms with van der Waals surface area (Å²) in [4.78, 5) is 17.6. The van der Waals surface area contributed by atoms with Crippen LogP contribution in [0.25, 0.3) is 0 Å². The maximum Gasteiger partial charge on any atom is 0.244 e. The molecule has 1 unspecified atom stereocenters. The number of aliphatic imine (C=N–C) groups is 1. The second-order valence-corrected chi connectivity index (χ2v) is 3.88. The summed E-state index contributed by atoms with van der Waals surface area (Å²) < 4.78 is 4.99. The Bertz CT molecular complexity index is 266. The van der Waals surface area contributed by atoms with Crippen molar-refractivity contribution >= 4 is 11.9 Å². The average molecular weight is 259 g/mol. The molecule has 0 radical (unpaired) electrons. The zero-order valence-electron chi connectivity index (χ0n) is 11.7. The number of hydrogen-bond acceptors (Lipinski definition) is 4. The van der Waals surface area contributed by atoms with Crippen LogP contribution in [0.4, 0.5) is 0 Å². The first-order valence-corrected chi connectivity index (χ1v) is 6.13. The molecule has 0 heterocycles. The van der Waals surface area contributed by atoms with Gasteiger partial charge >= 0.3 is 0 Å². The quantitative estimate of drug-likeness (QED) is 0.243. The highest BCUT2D eigenvalue weighted by Crippen LogP contribution is 1.90. The molecular weight excluding hydrogens is 234 g/mol. The summed E-state index contributed by atoms with van der Waals surface area (Å²) in [5.74, 6) is 5.70. The molecule has 0 aliphatic rings. The number of methoxy groups -OCH3 is 1. The Kier molecular flexibility index (Phi) is 8.95. The fourth-order valence-corrected chi connectivity index (χ4v) is 1.48. The third-order valence-electron chi connectivity index (χ3n) is 2.43. The van der Waals surface area contributed by atoms with Gasteiger partial charge in [-0.05, 0) is 20.8 Å². The lowest BCUT2D eigenvalue weighted by atomic mass is 10.4. The Hall–Kier alpha value is -1.34. The average Bonchev–Trinajstić information content (AvgIpc) is 2.36. The molecule has 0 fully saturated rings. The molecule has 0 aromatic carbocycles. The Labute approximate surface area is 109 Å². The second kappa shape index (κ2) is 9.67. The lowest BCUT2D eigenvalue weighted by molar-refractivity contribution is -0.129. The van der Waals surface area contributed by atoms with Gasteiger partial charge in [-0.3, -0.25) is 10.2 Å². The van der Waals surface area contributed by atoms with E-state index in [1.165, 1.54) is 0 Å². The van der Waals surface area contributed by atoms with Crippen LogP contribution in [0.5, 0.6) is 0 Å². The van der Waals surface area contributed by atoms with Crippen molar-refractivity contribution in [3.05, 3.63) is 0 Å². The lowest BCUT2D eigenvalue weighted by Gasteiger charge is -2.18. The highest BCUT2D eigenvalue weighted by atomic mass is 16.5. The summed E-state index contributed by atoms with van der Waals surface area (Å²) in [6.45, 7) is 7.78. The van der Waals surface area contributed by atoms with E-state index >= 15 is 0 Å². The molecule has 4 N–H and O–H groups in total. The molecule has 0 saturated carbocycles. The van der Waals surface area contributed by atoms with Crippen LogP contribution in [0.15, 0.2) is 4.99 Å². The first kappa shape index (κ1) is 16.7. The number of carbonyl (C=O) groups is 1. The first-order valence-electron chi connectivity index (χ1n) is 6.13. The molecule has 7 nitrogen and oxygen atoms in total. The van der Waals surface area contributed by atoms with Gasteiger partial charge in [-0.15, -0.1) is 0 Å². The number of carbonyl (C=O) groups excluding carboxylic acids is 1. The van der Waals surface area contributed by atoms with Gasteiger partial charge in [-0.25, -0.2) is 10.8 Å². The van der Waals surface area contributed by atoms with Crippen molar-refractivity contribution in [2.45, 2.75) is 26.8 Å². The van der Waals surface area contributed by atoms with Gasteiger partial charge in [-0.1, -0.05) is 0 Å². The van der Waals surface area contributed by atoms with Crippen LogP contribution in [0.2, 0.25) is 0 Å². The number of ether oxygens (including phenoxy) is 1. The van der Waals surface area contributed by atoms with E-state index in [4.69, 9.17) is 10.6 Å². The Morgan fingerprint density at radius 1 is 1.44 bits per heavy atom. The monoisotopic (exact) mass is 259 g/mol. The van der Waals surface area contributed by atoms with Crippen molar-refractivity contribution in [1.82, 2.24) is 15.6 Å². The van der Waals surface area contributed by atoms with E-state index in [2.05, 4.69) is 15.7 Å². The normalized spacial score (nSPS) is 13.1. The van der Waals surface area contributed by atoms with Crippen LogP contribution in [0, 0.1) is 0 Å². The van der Waals surface area contributed by atoms with Gasteiger partial charge in [0.2, 0.25) is 11.9 Å². The van der Waals surface area contributed by atoms with Crippen molar-refractivity contribution in [3.63, 3.8) is 0 Å². The molecule has 18 heavy (non-hydrogen) atoms. The van der Waals surface area contributed by atoms with Gasteiger partial charge in [-0.2, -0.15) is 0 Å². The van der Waals surface area contributed by atoms with E-state index in [1.54, 1.807) is 12.0 Å². The minimum Gasteiger partial charge on any atom is -0.383 e.